The number of fused-ring (bicyclic) bond motifs is 1. The summed E-state index contributed by atoms with van der Waals surface area (Å²) in [5, 5.41) is 0.687. The van der Waals surface area contributed by atoms with Crippen molar-refractivity contribution in [3.63, 3.8) is 0 Å². The number of aromatic nitrogens is 1. The summed E-state index contributed by atoms with van der Waals surface area (Å²) in [5.41, 5.74) is 6.61. The fraction of sp³-hybridized carbons (Fsp3) is 0.273. The van der Waals surface area contributed by atoms with Gasteiger partial charge in [-0.15, -0.1) is 0 Å². The van der Waals surface area contributed by atoms with Gasteiger partial charge in [0.25, 0.3) is 5.91 Å². The zero-order valence-electron chi connectivity index (χ0n) is 16.2. The summed E-state index contributed by atoms with van der Waals surface area (Å²) in [6.45, 7) is 3.21. The lowest BCUT2D eigenvalue weighted by atomic mass is 10.0. The van der Waals surface area contributed by atoms with E-state index >= 15 is 0 Å². The first kappa shape index (κ1) is 20.5. The molecule has 0 spiro atoms. The number of primary amides is 1. The number of morpholine rings is 1. The lowest BCUT2D eigenvalue weighted by Crippen LogP contribution is -2.35. The van der Waals surface area contributed by atoms with Gasteiger partial charge in [0.05, 0.1) is 18.7 Å². The number of rotatable bonds is 5. The monoisotopic (exact) mass is 429 g/mol. The number of carbonyl (C=O) groups is 1. The van der Waals surface area contributed by atoms with Crippen molar-refractivity contribution in [3.05, 3.63) is 79.8 Å². The quantitative estimate of drug-likeness (QED) is 0.652. The Morgan fingerprint density at radius 2 is 1.87 bits per heavy atom. The van der Waals surface area contributed by atoms with E-state index in [0.717, 1.165) is 18.7 Å². The van der Waals surface area contributed by atoms with Crippen LogP contribution in [0.3, 0.4) is 0 Å². The van der Waals surface area contributed by atoms with Crippen LogP contribution in [-0.2, 0) is 17.7 Å². The number of nitrogens with zero attached hydrogens (tertiary/aromatic N) is 1. The summed E-state index contributed by atoms with van der Waals surface area (Å²) in [7, 11) is 0. The molecule has 3 N–H and O–H groups in total. The molecule has 0 bridgehead atoms. The van der Waals surface area contributed by atoms with E-state index in [1.54, 1.807) is 30.3 Å². The molecule has 1 aliphatic rings. The van der Waals surface area contributed by atoms with Crippen LogP contribution in [0.1, 0.15) is 27.2 Å². The second-order valence-electron chi connectivity index (χ2n) is 7.36. The van der Waals surface area contributed by atoms with Crippen molar-refractivity contribution in [2.24, 2.45) is 5.73 Å². The minimum Gasteiger partial charge on any atom is -0.379 e. The summed E-state index contributed by atoms with van der Waals surface area (Å²) in [6.07, 6.45) is 0.218. The van der Waals surface area contributed by atoms with E-state index < -0.39 is 17.2 Å². The number of hydrogen-bond acceptors (Lipinski definition) is 4. The third-order valence-electron chi connectivity index (χ3n) is 5.25. The Kier molecular flexibility index (Phi) is 5.85. The number of benzene rings is 2. The van der Waals surface area contributed by atoms with Gasteiger partial charge in [0.15, 0.2) is 0 Å². The standard InChI is InChI=1S/C22H21ClFN3O3/c23-15-3-1-13(2-4-15)11-18-19(22(25)29)21(28)16-9-14(10-17(24)20(16)26-18)12-27-5-7-30-8-6-27/h1-4,9-10H,5-8,11-12H2,(H2,25,29)(H,26,28). The molecule has 2 aromatic carbocycles. The number of ether oxygens (including phenoxy) is 1. The highest BCUT2D eigenvalue weighted by Crippen LogP contribution is 2.21. The fourth-order valence-corrected chi connectivity index (χ4v) is 3.89. The second kappa shape index (κ2) is 8.55. The average molecular weight is 430 g/mol. The van der Waals surface area contributed by atoms with Gasteiger partial charge in [-0.2, -0.15) is 0 Å². The summed E-state index contributed by atoms with van der Waals surface area (Å²) in [6, 6.07) is 10.0. The number of amides is 1. The minimum absolute atomic E-state index is 0.0692. The van der Waals surface area contributed by atoms with Crippen molar-refractivity contribution in [1.29, 1.82) is 0 Å². The summed E-state index contributed by atoms with van der Waals surface area (Å²) < 4.78 is 20.3. The van der Waals surface area contributed by atoms with E-state index in [1.807, 2.05) is 0 Å². The molecular formula is C22H21ClFN3O3. The predicted octanol–water partition coefficient (Wildman–Crippen LogP) is 2.84. The Morgan fingerprint density at radius 3 is 2.53 bits per heavy atom. The molecule has 4 rings (SSSR count). The van der Waals surface area contributed by atoms with Gasteiger partial charge in [-0.1, -0.05) is 23.7 Å². The van der Waals surface area contributed by atoms with Crippen LogP contribution in [0, 0.1) is 5.82 Å². The van der Waals surface area contributed by atoms with Crippen molar-refractivity contribution in [1.82, 2.24) is 9.88 Å². The lowest BCUT2D eigenvalue weighted by Gasteiger charge is -2.26. The van der Waals surface area contributed by atoms with Crippen molar-refractivity contribution < 1.29 is 13.9 Å². The molecule has 0 radical (unpaired) electrons. The van der Waals surface area contributed by atoms with Gasteiger partial charge in [-0.05, 0) is 35.4 Å². The molecule has 6 nitrogen and oxygen atoms in total. The maximum absolute atomic E-state index is 14.9. The van der Waals surface area contributed by atoms with Crippen molar-refractivity contribution in [2.75, 3.05) is 26.3 Å². The van der Waals surface area contributed by atoms with Crippen LogP contribution in [0.5, 0.6) is 0 Å². The van der Waals surface area contributed by atoms with Gasteiger partial charge in [0.2, 0.25) is 5.43 Å². The lowest BCUT2D eigenvalue weighted by molar-refractivity contribution is 0.0342. The minimum atomic E-state index is -0.846. The smallest absolute Gasteiger partial charge is 0.254 e. The Hall–Kier alpha value is -2.74. The molecule has 1 saturated heterocycles. The Labute approximate surface area is 177 Å². The van der Waals surface area contributed by atoms with E-state index in [1.165, 1.54) is 6.07 Å². The largest absolute Gasteiger partial charge is 0.379 e. The third kappa shape index (κ3) is 4.23. The molecule has 0 atom stereocenters. The third-order valence-corrected chi connectivity index (χ3v) is 5.50. The van der Waals surface area contributed by atoms with E-state index in [0.29, 0.717) is 30.3 Å². The summed E-state index contributed by atoms with van der Waals surface area (Å²) in [4.78, 5) is 30.2. The van der Waals surface area contributed by atoms with Crippen LogP contribution >= 0.6 is 11.6 Å². The Balaban J connectivity index is 1.78. The molecule has 1 amide bonds. The van der Waals surface area contributed by atoms with Crippen molar-refractivity contribution in [2.45, 2.75) is 13.0 Å². The van der Waals surface area contributed by atoms with Gasteiger partial charge in [-0.25, -0.2) is 4.39 Å². The number of H-pyrrole nitrogens is 1. The van der Waals surface area contributed by atoms with Gasteiger partial charge in [0, 0.05) is 42.2 Å². The number of hydrogen-bond donors (Lipinski definition) is 2. The summed E-state index contributed by atoms with van der Waals surface area (Å²) >= 11 is 5.91. The zero-order chi connectivity index (χ0) is 21.3. The summed E-state index contributed by atoms with van der Waals surface area (Å²) in [5.74, 6) is -1.39. The maximum Gasteiger partial charge on any atom is 0.254 e. The van der Waals surface area contributed by atoms with Crippen molar-refractivity contribution in [3.8, 4) is 0 Å². The van der Waals surface area contributed by atoms with E-state index in [2.05, 4.69) is 9.88 Å². The van der Waals surface area contributed by atoms with Crippen LogP contribution in [0.15, 0.2) is 41.2 Å². The van der Waals surface area contributed by atoms with E-state index in [4.69, 9.17) is 22.1 Å². The van der Waals surface area contributed by atoms with Crippen LogP contribution in [0.4, 0.5) is 4.39 Å². The number of pyridine rings is 1. The van der Waals surface area contributed by atoms with Gasteiger partial charge in [-0.3, -0.25) is 14.5 Å². The van der Waals surface area contributed by atoms with Gasteiger partial charge < -0.3 is 15.5 Å². The molecule has 1 aliphatic heterocycles. The molecule has 1 fully saturated rings. The first-order valence-corrected chi connectivity index (χ1v) is 10.0. The SMILES string of the molecule is NC(=O)c1c(Cc2ccc(Cl)cc2)[nH]c2c(F)cc(CN3CCOCC3)cc2c1=O. The highest BCUT2D eigenvalue weighted by molar-refractivity contribution is 6.30. The number of nitrogens with one attached hydrogen (secondary N) is 1. The molecule has 30 heavy (non-hydrogen) atoms. The first-order chi connectivity index (χ1) is 14.4. The fourth-order valence-electron chi connectivity index (χ4n) is 3.76. The molecule has 0 saturated carbocycles. The predicted molar refractivity (Wildman–Crippen MR) is 113 cm³/mol. The molecule has 0 aliphatic carbocycles. The Bertz CT molecular complexity index is 1150. The maximum atomic E-state index is 14.9. The van der Waals surface area contributed by atoms with E-state index in [-0.39, 0.29) is 28.6 Å². The number of nitrogens with two attached hydrogens (primary N) is 1. The number of carbonyl (C=O) groups excluding carboxylic acids is 1. The molecule has 156 valence electrons. The van der Waals surface area contributed by atoms with Gasteiger partial charge >= 0.3 is 0 Å². The van der Waals surface area contributed by atoms with Gasteiger partial charge in [0.1, 0.15) is 11.4 Å². The number of halogens is 2. The molecule has 3 aromatic rings. The van der Waals surface area contributed by atoms with Crippen LogP contribution in [0.2, 0.25) is 5.02 Å². The van der Waals surface area contributed by atoms with Crippen LogP contribution < -0.4 is 11.2 Å². The normalized spacial score (nSPS) is 14.9. The molecule has 0 unspecified atom stereocenters. The highest BCUT2D eigenvalue weighted by atomic mass is 35.5. The average Bonchev–Trinajstić information content (AvgIpc) is 2.71. The molecule has 1 aromatic heterocycles. The van der Waals surface area contributed by atoms with Crippen LogP contribution in [-0.4, -0.2) is 42.1 Å². The first-order valence-electron chi connectivity index (χ1n) is 9.64. The second-order valence-corrected chi connectivity index (χ2v) is 7.80. The Morgan fingerprint density at radius 1 is 1.17 bits per heavy atom. The molecule has 8 heteroatoms. The zero-order valence-corrected chi connectivity index (χ0v) is 17.0. The topological polar surface area (TPSA) is 88.4 Å². The number of aromatic amines is 1. The molecular weight excluding hydrogens is 409 g/mol. The van der Waals surface area contributed by atoms with Crippen molar-refractivity contribution >= 4 is 28.4 Å². The highest BCUT2D eigenvalue weighted by Gasteiger charge is 2.20. The molecule has 2 heterocycles. The van der Waals surface area contributed by atoms with Crippen LogP contribution in [0.25, 0.3) is 10.9 Å². The van der Waals surface area contributed by atoms with E-state index in [9.17, 15) is 14.0 Å².